The number of pyridine rings is 1. The second-order valence-corrected chi connectivity index (χ2v) is 2.99. The summed E-state index contributed by atoms with van der Waals surface area (Å²) in [5.41, 5.74) is 2.48. The number of rotatable bonds is 1. The van der Waals surface area contributed by atoms with E-state index in [9.17, 15) is 0 Å². The number of hydrogen-bond donors (Lipinski definition) is 0. The predicted octanol–water partition coefficient (Wildman–Crippen LogP) is 2.36. The lowest BCUT2D eigenvalue weighted by Crippen LogP contribution is -1.91. The fraction of sp³-hybridized carbons (Fsp3) is 0.300. The van der Waals surface area contributed by atoms with Crippen LogP contribution in [0, 0.1) is 6.92 Å². The first-order chi connectivity index (χ1) is 5.83. The van der Waals surface area contributed by atoms with E-state index in [0.717, 1.165) is 6.54 Å². The molecule has 0 aliphatic rings. The first-order valence-corrected chi connectivity index (χ1v) is 4.22. The second kappa shape index (κ2) is 2.63. The van der Waals surface area contributed by atoms with Gasteiger partial charge >= 0.3 is 0 Å². The molecule has 0 atom stereocenters. The van der Waals surface area contributed by atoms with E-state index < -0.39 is 0 Å². The molecule has 2 aromatic heterocycles. The van der Waals surface area contributed by atoms with Gasteiger partial charge in [0, 0.05) is 24.3 Å². The molecule has 2 nitrogen and oxygen atoms in total. The Morgan fingerprint density at radius 2 is 2.25 bits per heavy atom. The number of aromatic nitrogens is 2. The first-order valence-electron chi connectivity index (χ1n) is 4.22. The van der Waals surface area contributed by atoms with Gasteiger partial charge in [0.15, 0.2) is 0 Å². The molecule has 62 valence electrons. The standard InChI is InChI=1S/C10H12N2/c1-3-12-5-4-9-8(2)6-11-7-10(9)12/h4-7H,3H2,1-2H3. The zero-order chi connectivity index (χ0) is 8.55. The fourth-order valence-electron chi connectivity index (χ4n) is 1.53. The van der Waals surface area contributed by atoms with Gasteiger partial charge in [-0.15, -0.1) is 0 Å². The van der Waals surface area contributed by atoms with Crippen molar-refractivity contribution in [2.45, 2.75) is 20.4 Å². The highest BCUT2D eigenvalue weighted by molar-refractivity contribution is 5.82. The van der Waals surface area contributed by atoms with Crippen LogP contribution in [0.5, 0.6) is 0 Å². The molecule has 0 bridgehead atoms. The molecule has 0 saturated heterocycles. The van der Waals surface area contributed by atoms with Crippen molar-refractivity contribution >= 4 is 10.9 Å². The molecule has 0 aromatic carbocycles. The largest absolute Gasteiger partial charge is 0.347 e. The monoisotopic (exact) mass is 160 g/mol. The van der Waals surface area contributed by atoms with Crippen LogP contribution < -0.4 is 0 Å². The van der Waals surface area contributed by atoms with Crippen molar-refractivity contribution in [2.75, 3.05) is 0 Å². The minimum Gasteiger partial charge on any atom is -0.347 e. The molecule has 0 radical (unpaired) electrons. The van der Waals surface area contributed by atoms with Crippen LogP contribution >= 0.6 is 0 Å². The van der Waals surface area contributed by atoms with Gasteiger partial charge in [-0.25, -0.2) is 0 Å². The quantitative estimate of drug-likeness (QED) is 0.626. The summed E-state index contributed by atoms with van der Waals surface area (Å²) in [7, 11) is 0. The Bertz CT molecular complexity index is 401. The number of aryl methyl sites for hydroxylation is 2. The molecule has 2 heteroatoms. The summed E-state index contributed by atoms with van der Waals surface area (Å²) in [6.45, 7) is 5.24. The summed E-state index contributed by atoms with van der Waals surface area (Å²) in [4.78, 5) is 4.17. The van der Waals surface area contributed by atoms with Crippen molar-refractivity contribution < 1.29 is 0 Å². The molecule has 0 fully saturated rings. The Hall–Kier alpha value is -1.31. The van der Waals surface area contributed by atoms with E-state index in [2.05, 4.69) is 35.7 Å². The van der Waals surface area contributed by atoms with E-state index in [1.165, 1.54) is 16.5 Å². The summed E-state index contributed by atoms with van der Waals surface area (Å²) in [5, 5.41) is 1.31. The minimum atomic E-state index is 1.01. The van der Waals surface area contributed by atoms with Crippen molar-refractivity contribution in [3.63, 3.8) is 0 Å². The summed E-state index contributed by atoms with van der Waals surface area (Å²) in [5.74, 6) is 0. The van der Waals surface area contributed by atoms with E-state index in [4.69, 9.17) is 0 Å². The molecule has 0 N–H and O–H groups in total. The second-order valence-electron chi connectivity index (χ2n) is 2.99. The first kappa shape index (κ1) is 7.35. The Morgan fingerprint density at radius 3 is 3.00 bits per heavy atom. The van der Waals surface area contributed by atoms with Crippen LogP contribution in [0.15, 0.2) is 24.7 Å². The SMILES string of the molecule is CCn1ccc2c(C)cncc21. The molecule has 0 spiro atoms. The average molecular weight is 160 g/mol. The zero-order valence-electron chi connectivity index (χ0n) is 7.41. The minimum absolute atomic E-state index is 1.01. The van der Waals surface area contributed by atoms with Gasteiger partial charge in [-0.2, -0.15) is 0 Å². The smallest absolute Gasteiger partial charge is 0.0669 e. The third kappa shape index (κ3) is 0.916. The van der Waals surface area contributed by atoms with Crippen LogP contribution in [0.4, 0.5) is 0 Å². The summed E-state index contributed by atoms with van der Waals surface area (Å²) in [6.07, 6.45) is 5.94. The molecule has 2 aromatic rings. The van der Waals surface area contributed by atoms with E-state index in [0.29, 0.717) is 0 Å². The van der Waals surface area contributed by atoms with Gasteiger partial charge < -0.3 is 4.57 Å². The number of fused-ring (bicyclic) bond motifs is 1. The molecular formula is C10H12N2. The van der Waals surface area contributed by atoms with Gasteiger partial charge in [0.05, 0.1) is 11.7 Å². The third-order valence-corrected chi connectivity index (χ3v) is 2.24. The fourth-order valence-corrected chi connectivity index (χ4v) is 1.53. The Kier molecular flexibility index (Phi) is 1.61. The Labute approximate surface area is 71.8 Å². The van der Waals surface area contributed by atoms with Gasteiger partial charge in [-0.05, 0) is 25.5 Å². The lowest BCUT2D eigenvalue weighted by Gasteiger charge is -1.99. The van der Waals surface area contributed by atoms with Crippen LogP contribution in [0.1, 0.15) is 12.5 Å². The highest BCUT2D eigenvalue weighted by atomic mass is 15.0. The van der Waals surface area contributed by atoms with Gasteiger partial charge in [-0.1, -0.05) is 0 Å². The van der Waals surface area contributed by atoms with Crippen LogP contribution in [0.25, 0.3) is 10.9 Å². The highest BCUT2D eigenvalue weighted by Gasteiger charge is 2.00. The summed E-state index contributed by atoms with van der Waals surface area (Å²) in [6, 6.07) is 2.15. The van der Waals surface area contributed by atoms with E-state index in [1.54, 1.807) is 0 Å². The predicted molar refractivity (Wildman–Crippen MR) is 50.1 cm³/mol. The van der Waals surface area contributed by atoms with Gasteiger partial charge in [0.1, 0.15) is 0 Å². The van der Waals surface area contributed by atoms with Crippen molar-refractivity contribution in [1.29, 1.82) is 0 Å². The van der Waals surface area contributed by atoms with Crippen LogP contribution in [-0.2, 0) is 6.54 Å². The van der Waals surface area contributed by atoms with Crippen molar-refractivity contribution in [3.05, 3.63) is 30.2 Å². The summed E-state index contributed by atoms with van der Waals surface area (Å²) >= 11 is 0. The maximum Gasteiger partial charge on any atom is 0.0669 e. The molecular weight excluding hydrogens is 148 g/mol. The van der Waals surface area contributed by atoms with E-state index in [-0.39, 0.29) is 0 Å². The number of hydrogen-bond acceptors (Lipinski definition) is 1. The van der Waals surface area contributed by atoms with Crippen molar-refractivity contribution in [1.82, 2.24) is 9.55 Å². The zero-order valence-corrected chi connectivity index (χ0v) is 7.41. The van der Waals surface area contributed by atoms with Crippen molar-refractivity contribution in [3.8, 4) is 0 Å². The van der Waals surface area contributed by atoms with Gasteiger partial charge in [0.25, 0.3) is 0 Å². The molecule has 2 rings (SSSR count). The van der Waals surface area contributed by atoms with Crippen molar-refractivity contribution in [2.24, 2.45) is 0 Å². The normalized spacial score (nSPS) is 10.8. The maximum atomic E-state index is 4.17. The topological polar surface area (TPSA) is 17.8 Å². The third-order valence-electron chi connectivity index (χ3n) is 2.24. The van der Waals surface area contributed by atoms with Gasteiger partial charge in [0.2, 0.25) is 0 Å². The van der Waals surface area contributed by atoms with Crippen LogP contribution in [-0.4, -0.2) is 9.55 Å². The molecule has 0 amide bonds. The molecule has 12 heavy (non-hydrogen) atoms. The maximum absolute atomic E-state index is 4.17. The average Bonchev–Trinajstić information content (AvgIpc) is 2.49. The molecule has 0 saturated carbocycles. The summed E-state index contributed by atoms with van der Waals surface area (Å²) < 4.78 is 2.20. The lowest BCUT2D eigenvalue weighted by molar-refractivity contribution is 0.796. The Balaban J connectivity index is 2.80. The van der Waals surface area contributed by atoms with Gasteiger partial charge in [-0.3, -0.25) is 4.98 Å². The molecule has 2 heterocycles. The Morgan fingerprint density at radius 1 is 1.42 bits per heavy atom. The molecule has 0 aliphatic carbocycles. The lowest BCUT2D eigenvalue weighted by atomic mass is 10.2. The molecule has 0 unspecified atom stereocenters. The highest BCUT2D eigenvalue weighted by Crippen LogP contribution is 2.17. The molecule has 0 aliphatic heterocycles. The van der Waals surface area contributed by atoms with E-state index in [1.807, 2.05) is 12.4 Å². The number of nitrogens with zero attached hydrogens (tertiary/aromatic N) is 2. The van der Waals surface area contributed by atoms with Crippen LogP contribution in [0.2, 0.25) is 0 Å². The van der Waals surface area contributed by atoms with Crippen LogP contribution in [0.3, 0.4) is 0 Å². The van der Waals surface area contributed by atoms with E-state index >= 15 is 0 Å².